The van der Waals surface area contributed by atoms with E-state index in [0.717, 1.165) is 17.9 Å². The summed E-state index contributed by atoms with van der Waals surface area (Å²) >= 11 is 1.82. The van der Waals surface area contributed by atoms with Crippen molar-refractivity contribution in [3.05, 3.63) is 35.4 Å². The molecular weight excluding hydrogens is 274 g/mol. The van der Waals surface area contributed by atoms with Crippen molar-refractivity contribution in [1.82, 2.24) is 5.32 Å². The van der Waals surface area contributed by atoms with Crippen molar-refractivity contribution < 1.29 is 14.7 Å². The Morgan fingerprint density at radius 1 is 1.30 bits per heavy atom. The van der Waals surface area contributed by atoms with Crippen molar-refractivity contribution in [2.24, 2.45) is 0 Å². The zero-order valence-corrected chi connectivity index (χ0v) is 12.3. The first-order chi connectivity index (χ1) is 9.57. The molecule has 1 fully saturated rings. The molecule has 5 heteroatoms. The first-order valence-electron chi connectivity index (χ1n) is 6.80. The molecule has 1 aromatic rings. The molecule has 0 radical (unpaired) electrons. The summed E-state index contributed by atoms with van der Waals surface area (Å²) in [7, 11) is 0. The number of amides is 1. The molecule has 0 heterocycles. The van der Waals surface area contributed by atoms with E-state index in [0.29, 0.717) is 18.4 Å². The van der Waals surface area contributed by atoms with Gasteiger partial charge in [0.05, 0.1) is 0 Å². The van der Waals surface area contributed by atoms with Crippen LogP contribution in [0.25, 0.3) is 0 Å². The predicted octanol–water partition coefficient (Wildman–Crippen LogP) is 2.68. The number of benzene rings is 1. The summed E-state index contributed by atoms with van der Waals surface area (Å²) in [6, 6.07) is 7.36. The van der Waals surface area contributed by atoms with Gasteiger partial charge in [0.15, 0.2) is 0 Å². The van der Waals surface area contributed by atoms with Crippen molar-refractivity contribution in [2.45, 2.75) is 37.5 Å². The maximum Gasteiger partial charge on any atom is 0.329 e. The first-order valence-corrected chi connectivity index (χ1v) is 7.95. The van der Waals surface area contributed by atoms with Crippen molar-refractivity contribution >= 4 is 23.6 Å². The van der Waals surface area contributed by atoms with Gasteiger partial charge in [-0.2, -0.15) is 11.8 Å². The van der Waals surface area contributed by atoms with E-state index in [1.54, 1.807) is 12.1 Å². The normalized spacial score (nSPS) is 16.2. The van der Waals surface area contributed by atoms with Gasteiger partial charge in [-0.3, -0.25) is 4.79 Å². The zero-order valence-electron chi connectivity index (χ0n) is 11.5. The van der Waals surface area contributed by atoms with Gasteiger partial charge in [0.25, 0.3) is 5.91 Å². The van der Waals surface area contributed by atoms with Crippen LogP contribution in [0.5, 0.6) is 0 Å². The molecule has 1 aromatic carbocycles. The Morgan fingerprint density at radius 2 is 1.95 bits per heavy atom. The monoisotopic (exact) mass is 293 g/mol. The first kappa shape index (κ1) is 14.9. The molecule has 108 valence electrons. The van der Waals surface area contributed by atoms with Crippen molar-refractivity contribution in [1.29, 1.82) is 0 Å². The van der Waals surface area contributed by atoms with Crippen LogP contribution in [0.4, 0.5) is 0 Å². The number of carboxylic acid groups (broad SMARTS) is 1. The summed E-state index contributed by atoms with van der Waals surface area (Å²) in [6.45, 7) is 2.11. The predicted molar refractivity (Wildman–Crippen MR) is 80.0 cm³/mol. The van der Waals surface area contributed by atoms with E-state index in [9.17, 15) is 14.7 Å². The molecule has 0 atom stereocenters. The van der Waals surface area contributed by atoms with Gasteiger partial charge < -0.3 is 10.4 Å². The highest BCUT2D eigenvalue weighted by Gasteiger charge is 2.45. The minimum atomic E-state index is -1.05. The molecule has 4 nitrogen and oxygen atoms in total. The second kappa shape index (κ2) is 6.31. The van der Waals surface area contributed by atoms with Crippen LogP contribution in [-0.2, 0) is 10.5 Å². The average Bonchev–Trinajstić information content (AvgIpc) is 2.40. The van der Waals surface area contributed by atoms with Crippen LogP contribution in [0.1, 0.15) is 42.1 Å². The lowest BCUT2D eigenvalue weighted by Gasteiger charge is -2.38. The van der Waals surface area contributed by atoms with Crippen LogP contribution >= 0.6 is 11.8 Å². The summed E-state index contributed by atoms with van der Waals surface area (Å²) < 4.78 is 0. The quantitative estimate of drug-likeness (QED) is 0.846. The van der Waals surface area contributed by atoms with Gasteiger partial charge in [0.1, 0.15) is 5.54 Å². The van der Waals surface area contributed by atoms with Crippen LogP contribution in [0.15, 0.2) is 24.3 Å². The van der Waals surface area contributed by atoms with Gasteiger partial charge in [-0.15, -0.1) is 0 Å². The Kier molecular flexibility index (Phi) is 4.70. The van der Waals surface area contributed by atoms with Crippen molar-refractivity contribution in [3.8, 4) is 0 Å². The summed E-state index contributed by atoms with van der Waals surface area (Å²) in [4.78, 5) is 23.3. The lowest BCUT2D eigenvalue weighted by Crippen LogP contribution is -2.59. The number of carbonyl (C=O) groups excluding carboxylic acids is 1. The molecule has 0 saturated heterocycles. The van der Waals surface area contributed by atoms with Gasteiger partial charge in [0.2, 0.25) is 0 Å². The molecule has 2 N–H and O–H groups in total. The average molecular weight is 293 g/mol. The maximum absolute atomic E-state index is 12.1. The molecule has 1 amide bonds. The molecule has 0 aliphatic heterocycles. The fraction of sp³-hybridized carbons (Fsp3) is 0.467. The molecular formula is C15H19NO3S. The Bertz CT molecular complexity index is 494. The van der Waals surface area contributed by atoms with E-state index in [4.69, 9.17) is 0 Å². The van der Waals surface area contributed by atoms with Gasteiger partial charge >= 0.3 is 5.97 Å². The number of aliphatic carboxylic acids is 1. The van der Waals surface area contributed by atoms with E-state index >= 15 is 0 Å². The molecule has 0 spiro atoms. The Hall–Kier alpha value is -1.49. The third-order valence-electron chi connectivity index (χ3n) is 3.66. The Balaban J connectivity index is 2.00. The SMILES string of the molecule is CCSCc1ccc(C(=O)NC2(C(=O)O)CCC2)cc1. The van der Waals surface area contributed by atoms with Crippen LogP contribution in [-0.4, -0.2) is 28.3 Å². The van der Waals surface area contributed by atoms with Crippen molar-refractivity contribution in [2.75, 3.05) is 5.75 Å². The number of hydrogen-bond donors (Lipinski definition) is 2. The van der Waals surface area contributed by atoms with Crippen LogP contribution < -0.4 is 5.32 Å². The highest BCUT2D eigenvalue weighted by molar-refractivity contribution is 7.98. The number of nitrogens with one attached hydrogen (secondary N) is 1. The number of carbonyl (C=O) groups is 2. The third kappa shape index (κ3) is 3.15. The van der Waals surface area contributed by atoms with Crippen LogP contribution in [0.2, 0.25) is 0 Å². The van der Waals surface area contributed by atoms with Gasteiger partial charge in [0, 0.05) is 11.3 Å². The number of carboxylic acids is 1. The van der Waals surface area contributed by atoms with E-state index < -0.39 is 11.5 Å². The smallest absolute Gasteiger partial charge is 0.329 e. The maximum atomic E-state index is 12.1. The molecule has 0 unspecified atom stereocenters. The summed E-state index contributed by atoms with van der Waals surface area (Å²) in [5.74, 6) is 0.746. The minimum Gasteiger partial charge on any atom is -0.480 e. The number of thioether (sulfide) groups is 1. The van der Waals surface area contributed by atoms with Gasteiger partial charge in [-0.25, -0.2) is 4.79 Å². The molecule has 0 aromatic heterocycles. The van der Waals surface area contributed by atoms with Gasteiger partial charge in [-0.1, -0.05) is 19.1 Å². The second-order valence-corrected chi connectivity index (χ2v) is 6.30. The molecule has 1 aliphatic rings. The Labute approximate surface area is 123 Å². The third-order valence-corrected chi connectivity index (χ3v) is 4.60. The van der Waals surface area contributed by atoms with Crippen molar-refractivity contribution in [3.63, 3.8) is 0 Å². The molecule has 1 saturated carbocycles. The highest BCUT2D eigenvalue weighted by atomic mass is 32.2. The highest BCUT2D eigenvalue weighted by Crippen LogP contribution is 2.32. The lowest BCUT2D eigenvalue weighted by molar-refractivity contribution is -0.148. The zero-order chi connectivity index (χ0) is 14.6. The largest absolute Gasteiger partial charge is 0.480 e. The standard InChI is InChI=1S/C15H19NO3S/c1-2-20-10-11-4-6-12(7-5-11)13(17)16-15(14(18)19)8-3-9-15/h4-7H,2-3,8-10H2,1H3,(H,16,17)(H,18,19). The fourth-order valence-electron chi connectivity index (χ4n) is 2.18. The fourth-order valence-corrected chi connectivity index (χ4v) is 2.82. The number of rotatable bonds is 6. The second-order valence-electron chi connectivity index (χ2n) is 5.03. The van der Waals surface area contributed by atoms with E-state index in [1.165, 1.54) is 5.56 Å². The molecule has 1 aliphatic carbocycles. The summed E-state index contributed by atoms with van der Waals surface area (Å²) in [6.07, 6.45) is 1.87. The minimum absolute atomic E-state index is 0.304. The van der Waals surface area contributed by atoms with E-state index in [2.05, 4.69) is 12.2 Å². The van der Waals surface area contributed by atoms with Crippen LogP contribution in [0.3, 0.4) is 0 Å². The summed E-state index contributed by atoms with van der Waals surface area (Å²) in [5.41, 5.74) is 0.640. The molecule has 20 heavy (non-hydrogen) atoms. The van der Waals surface area contributed by atoms with E-state index in [1.807, 2.05) is 23.9 Å². The molecule has 0 bridgehead atoms. The van der Waals surface area contributed by atoms with Crippen LogP contribution in [0, 0.1) is 0 Å². The topological polar surface area (TPSA) is 66.4 Å². The lowest BCUT2D eigenvalue weighted by atomic mass is 9.76. The van der Waals surface area contributed by atoms with E-state index in [-0.39, 0.29) is 5.91 Å². The Morgan fingerprint density at radius 3 is 2.40 bits per heavy atom. The molecule has 2 rings (SSSR count). The number of hydrogen-bond acceptors (Lipinski definition) is 3. The summed E-state index contributed by atoms with van der Waals surface area (Å²) in [5, 5.41) is 11.9. The van der Waals surface area contributed by atoms with Gasteiger partial charge in [-0.05, 0) is 42.7 Å².